The molecule has 0 fully saturated rings. The van der Waals surface area contributed by atoms with Crippen LogP contribution in [0, 0.1) is 0 Å². The van der Waals surface area contributed by atoms with E-state index in [0.29, 0.717) is 24.7 Å². The van der Waals surface area contributed by atoms with Crippen molar-refractivity contribution in [3.63, 3.8) is 0 Å². The highest BCUT2D eigenvalue weighted by Crippen LogP contribution is 2.28. The molecule has 138 valence electrons. The number of pyridine rings is 1. The maximum absolute atomic E-state index is 12.1. The molecule has 1 N–H and O–H groups in total. The largest absolute Gasteiger partial charge is 0.490 e. The third kappa shape index (κ3) is 6.07. The fourth-order valence-corrected chi connectivity index (χ4v) is 2.86. The zero-order valence-electron chi connectivity index (χ0n) is 15.1. The number of rotatable bonds is 9. The molecule has 1 amide bonds. The number of ether oxygens (including phenoxy) is 2. The van der Waals surface area contributed by atoms with Gasteiger partial charge in [0.1, 0.15) is 0 Å². The number of thioether (sulfide) groups is 1. The molecule has 7 heteroatoms. The van der Waals surface area contributed by atoms with E-state index in [1.54, 1.807) is 12.4 Å². The minimum Gasteiger partial charge on any atom is -0.490 e. The SMILES string of the molecule is CCOc1ccc(/C=N/NC(=O)C(C)Sc2ccccn2)cc1OCC. The second-order valence-electron chi connectivity index (χ2n) is 5.23. The highest BCUT2D eigenvalue weighted by atomic mass is 32.2. The molecule has 0 saturated heterocycles. The summed E-state index contributed by atoms with van der Waals surface area (Å²) in [6.45, 7) is 6.76. The van der Waals surface area contributed by atoms with E-state index in [9.17, 15) is 4.79 Å². The number of benzene rings is 1. The molecule has 0 aliphatic rings. The van der Waals surface area contributed by atoms with Crippen LogP contribution in [0.5, 0.6) is 11.5 Å². The van der Waals surface area contributed by atoms with Crippen LogP contribution in [0.4, 0.5) is 0 Å². The van der Waals surface area contributed by atoms with Gasteiger partial charge in [-0.3, -0.25) is 4.79 Å². The Morgan fingerprint density at radius 3 is 2.69 bits per heavy atom. The van der Waals surface area contributed by atoms with E-state index in [1.165, 1.54) is 11.8 Å². The number of hydrogen-bond acceptors (Lipinski definition) is 6. The van der Waals surface area contributed by atoms with Crippen LogP contribution in [0.1, 0.15) is 26.3 Å². The lowest BCUT2D eigenvalue weighted by Gasteiger charge is -2.11. The van der Waals surface area contributed by atoms with Gasteiger partial charge >= 0.3 is 0 Å². The van der Waals surface area contributed by atoms with Gasteiger partial charge in [-0.1, -0.05) is 17.8 Å². The highest BCUT2D eigenvalue weighted by molar-refractivity contribution is 8.00. The first-order chi connectivity index (χ1) is 12.6. The summed E-state index contributed by atoms with van der Waals surface area (Å²) >= 11 is 1.38. The van der Waals surface area contributed by atoms with Gasteiger partial charge in [0.25, 0.3) is 5.91 Å². The zero-order valence-corrected chi connectivity index (χ0v) is 16.0. The van der Waals surface area contributed by atoms with E-state index in [1.807, 2.05) is 57.2 Å². The Hall–Kier alpha value is -2.54. The van der Waals surface area contributed by atoms with Crippen molar-refractivity contribution in [1.82, 2.24) is 10.4 Å². The minimum atomic E-state index is -0.304. The normalized spacial score (nSPS) is 12.0. The summed E-state index contributed by atoms with van der Waals surface area (Å²) < 4.78 is 11.1. The Kier molecular flexibility index (Phi) is 7.95. The Balaban J connectivity index is 1.94. The molecule has 1 atom stereocenters. The molecule has 1 aromatic heterocycles. The van der Waals surface area contributed by atoms with Gasteiger partial charge in [-0.05, 0) is 56.7 Å². The van der Waals surface area contributed by atoms with E-state index < -0.39 is 0 Å². The van der Waals surface area contributed by atoms with E-state index >= 15 is 0 Å². The molecule has 1 heterocycles. The van der Waals surface area contributed by atoms with Crippen molar-refractivity contribution in [2.24, 2.45) is 5.10 Å². The number of nitrogens with zero attached hydrogens (tertiary/aromatic N) is 2. The number of carbonyl (C=O) groups is 1. The standard InChI is InChI=1S/C19H23N3O3S/c1-4-24-16-10-9-15(12-17(16)25-5-2)13-21-22-19(23)14(3)26-18-8-6-7-11-20-18/h6-14H,4-5H2,1-3H3,(H,22,23)/b21-13+. The molecule has 0 radical (unpaired) electrons. The predicted octanol–water partition coefficient (Wildman–Crippen LogP) is 3.51. The fraction of sp³-hybridized carbons (Fsp3) is 0.316. The Morgan fingerprint density at radius 1 is 1.23 bits per heavy atom. The van der Waals surface area contributed by atoms with Crippen LogP contribution >= 0.6 is 11.8 Å². The fourth-order valence-electron chi connectivity index (χ4n) is 2.06. The van der Waals surface area contributed by atoms with Crippen molar-refractivity contribution in [3.05, 3.63) is 48.2 Å². The van der Waals surface area contributed by atoms with Gasteiger partial charge in [0, 0.05) is 6.20 Å². The van der Waals surface area contributed by atoms with Gasteiger partial charge in [-0.25, -0.2) is 10.4 Å². The first-order valence-corrected chi connectivity index (χ1v) is 9.32. The van der Waals surface area contributed by atoms with Gasteiger partial charge in [0.2, 0.25) is 0 Å². The van der Waals surface area contributed by atoms with Crippen LogP contribution in [-0.2, 0) is 4.79 Å². The van der Waals surface area contributed by atoms with E-state index in [0.717, 1.165) is 10.6 Å². The lowest BCUT2D eigenvalue weighted by molar-refractivity contribution is -0.120. The molecule has 1 unspecified atom stereocenters. The van der Waals surface area contributed by atoms with E-state index in [2.05, 4.69) is 15.5 Å². The molecular weight excluding hydrogens is 350 g/mol. The second kappa shape index (κ2) is 10.5. The summed E-state index contributed by atoms with van der Waals surface area (Å²) in [5.74, 6) is 1.16. The Labute approximate surface area is 158 Å². The third-order valence-electron chi connectivity index (χ3n) is 3.26. The monoisotopic (exact) mass is 373 g/mol. The number of hydrazone groups is 1. The number of carbonyl (C=O) groups excluding carboxylic acids is 1. The summed E-state index contributed by atoms with van der Waals surface area (Å²) in [6, 6.07) is 11.1. The summed E-state index contributed by atoms with van der Waals surface area (Å²) in [4.78, 5) is 16.3. The van der Waals surface area contributed by atoms with Crippen molar-refractivity contribution < 1.29 is 14.3 Å². The van der Waals surface area contributed by atoms with Crippen LogP contribution in [0.25, 0.3) is 0 Å². The first-order valence-electron chi connectivity index (χ1n) is 8.44. The molecule has 0 saturated carbocycles. The van der Waals surface area contributed by atoms with Crippen molar-refractivity contribution in [1.29, 1.82) is 0 Å². The lowest BCUT2D eigenvalue weighted by Crippen LogP contribution is -2.26. The van der Waals surface area contributed by atoms with Crippen LogP contribution in [0.15, 0.2) is 52.7 Å². The number of nitrogens with one attached hydrogen (secondary N) is 1. The van der Waals surface area contributed by atoms with Gasteiger partial charge in [0.15, 0.2) is 11.5 Å². The second-order valence-corrected chi connectivity index (χ2v) is 6.60. The van der Waals surface area contributed by atoms with Gasteiger partial charge in [-0.15, -0.1) is 0 Å². The van der Waals surface area contributed by atoms with Crippen LogP contribution in [-0.4, -0.2) is 35.6 Å². The van der Waals surface area contributed by atoms with Gasteiger partial charge in [0.05, 0.1) is 29.7 Å². The minimum absolute atomic E-state index is 0.187. The van der Waals surface area contributed by atoms with E-state index in [4.69, 9.17) is 9.47 Å². The number of hydrogen-bond donors (Lipinski definition) is 1. The quantitative estimate of drug-likeness (QED) is 0.414. The molecule has 26 heavy (non-hydrogen) atoms. The molecule has 6 nitrogen and oxygen atoms in total. The average molecular weight is 373 g/mol. The van der Waals surface area contributed by atoms with Gasteiger partial charge in [-0.2, -0.15) is 5.10 Å². The summed E-state index contributed by atoms with van der Waals surface area (Å²) in [5, 5.41) is 4.52. The molecular formula is C19H23N3O3S. The molecule has 0 bridgehead atoms. The number of amides is 1. The van der Waals surface area contributed by atoms with Crippen LogP contribution in [0.2, 0.25) is 0 Å². The van der Waals surface area contributed by atoms with Gasteiger partial charge < -0.3 is 9.47 Å². The first kappa shape index (κ1) is 19.8. The van der Waals surface area contributed by atoms with Crippen LogP contribution < -0.4 is 14.9 Å². The molecule has 1 aromatic carbocycles. The Bertz CT molecular complexity index is 738. The molecule has 2 aromatic rings. The summed E-state index contributed by atoms with van der Waals surface area (Å²) in [6.07, 6.45) is 3.28. The van der Waals surface area contributed by atoms with E-state index in [-0.39, 0.29) is 11.2 Å². The predicted molar refractivity (Wildman–Crippen MR) is 104 cm³/mol. The topological polar surface area (TPSA) is 72.8 Å². The van der Waals surface area contributed by atoms with Crippen molar-refractivity contribution in [2.45, 2.75) is 31.0 Å². The average Bonchev–Trinajstić information content (AvgIpc) is 2.65. The highest BCUT2D eigenvalue weighted by Gasteiger charge is 2.14. The maximum Gasteiger partial charge on any atom is 0.253 e. The molecule has 0 aliphatic heterocycles. The Morgan fingerprint density at radius 2 is 2.00 bits per heavy atom. The molecule has 0 spiro atoms. The zero-order chi connectivity index (χ0) is 18.8. The van der Waals surface area contributed by atoms with Crippen molar-refractivity contribution in [3.8, 4) is 11.5 Å². The third-order valence-corrected chi connectivity index (χ3v) is 4.31. The van der Waals surface area contributed by atoms with Crippen molar-refractivity contribution >= 4 is 23.9 Å². The maximum atomic E-state index is 12.1. The molecule has 0 aliphatic carbocycles. The number of aromatic nitrogens is 1. The van der Waals surface area contributed by atoms with Crippen LogP contribution in [0.3, 0.4) is 0 Å². The lowest BCUT2D eigenvalue weighted by atomic mass is 10.2. The summed E-state index contributed by atoms with van der Waals surface area (Å²) in [5.41, 5.74) is 3.36. The molecule has 2 rings (SSSR count). The smallest absolute Gasteiger partial charge is 0.253 e. The van der Waals surface area contributed by atoms with Crippen molar-refractivity contribution in [2.75, 3.05) is 13.2 Å². The summed E-state index contributed by atoms with van der Waals surface area (Å²) in [7, 11) is 0.